The molecule has 29 heavy (non-hydrogen) atoms. The highest BCUT2D eigenvalue weighted by Gasteiger charge is 2.32. The Kier molecular flexibility index (Phi) is 5.21. The SMILES string of the molecule is COc1ccc(C(C)=O)cc1CC(=O)N1CCn2cccc2C1c1ccccc1. The Balaban J connectivity index is 1.68. The number of benzene rings is 2. The molecule has 1 atom stereocenters. The Morgan fingerprint density at radius 3 is 2.55 bits per heavy atom. The smallest absolute Gasteiger partial charge is 0.228 e. The standard InChI is InChI=1S/C24H24N2O3/c1-17(27)19-10-11-22(29-2)20(15-19)16-23(28)26-14-13-25-12-6-9-21(25)24(26)18-7-4-3-5-8-18/h3-12,15,24H,13-14,16H2,1-2H3. The number of carbonyl (C=O) groups is 2. The Labute approximate surface area is 170 Å². The molecule has 0 saturated heterocycles. The molecular formula is C24H24N2O3. The second-order valence-electron chi connectivity index (χ2n) is 7.29. The van der Waals surface area contributed by atoms with E-state index in [1.165, 1.54) is 6.92 Å². The number of ketones is 1. The zero-order valence-electron chi connectivity index (χ0n) is 16.7. The summed E-state index contributed by atoms with van der Waals surface area (Å²) in [7, 11) is 1.58. The normalized spacial score (nSPS) is 15.7. The highest BCUT2D eigenvalue weighted by molar-refractivity contribution is 5.94. The number of aromatic nitrogens is 1. The molecule has 0 spiro atoms. The number of hydrogen-bond acceptors (Lipinski definition) is 3. The Hall–Kier alpha value is -3.34. The molecule has 5 nitrogen and oxygen atoms in total. The van der Waals surface area contributed by atoms with Crippen molar-refractivity contribution in [2.45, 2.75) is 25.9 Å². The van der Waals surface area contributed by atoms with Gasteiger partial charge in [0.2, 0.25) is 5.91 Å². The summed E-state index contributed by atoms with van der Waals surface area (Å²) in [5.74, 6) is 0.615. The molecule has 5 heteroatoms. The Morgan fingerprint density at radius 2 is 1.83 bits per heavy atom. The number of rotatable bonds is 5. The maximum Gasteiger partial charge on any atom is 0.228 e. The average Bonchev–Trinajstić information content (AvgIpc) is 3.22. The number of fused-ring (bicyclic) bond motifs is 1. The molecule has 0 bridgehead atoms. The van der Waals surface area contributed by atoms with Crippen molar-refractivity contribution in [3.05, 3.63) is 89.2 Å². The van der Waals surface area contributed by atoms with Crippen molar-refractivity contribution in [3.63, 3.8) is 0 Å². The number of methoxy groups -OCH3 is 1. The summed E-state index contributed by atoms with van der Waals surface area (Å²) in [6.07, 6.45) is 2.25. The quantitative estimate of drug-likeness (QED) is 0.624. The second-order valence-corrected chi connectivity index (χ2v) is 7.29. The molecule has 0 fully saturated rings. The predicted octanol–water partition coefficient (Wildman–Crippen LogP) is 3.87. The third-order valence-corrected chi connectivity index (χ3v) is 5.50. The van der Waals surface area contributed by atoms with E-state index in [2.05, 4.69) is 29.0 Å². The van der Waals surface area contributed by atoms with E-state index in [4.69, 9.17) is 4.74 Å². The van der Waals surface area contributed by atoms with Crippen LogP contribution in [0.15, 0.2) is 66.9 Å². The summed E-state index contributed by atoms with van der Waals surface area (Å²) in [5, 5.41) is 0. The van der Waals surface area contributed by atoms with Crippen LogP contribution in [-0.2, 0) is 17.8 Å². The molecule has 2 aromatic carbocycles. The number of nitrogens with zero attached hydrogens (tertiary/aromatic N) is 2. The minimum absolute atomic E-state index is 0.0188. The first-order valence-corrected chi connectivity index (χ1v) is 9.76. The summed E-state index contributed by atoms with van der Waals surface area (Å²) in [5.41, 5.74) is 3.52. The summed E-state index contributed by atoms with van der Waals surface area (Å²) < 4.78 is 7.64. The Bertz CT molecular complexity index is 1040. The molecule has 2 heterocycles. The minimum Gasteiger partial charge on any atom is -0.496 e. The first-order chi connectivity index (χ1) is 14.1. The van der Waals surface area contributed by atoms with Gasteiger partial charge in [-0.1, -0.05) is 30.3 Å². The van der Waals surface area contributed by atoms with Crippen LogP contribution in [0, 0.1) is 0 Å². The summed E-state index contributed by atoms with van der Waals surface area (Å²) in [6.45, 7) is 2.93. The van der Waals surface area contributed by atoms with Crippen LogP contribution in [0.25, 0.3) is 0 Å². The summed E-state index contributed by atoms with van der Waals surface area (Å²) in [4.78, 5) is 27.1. The third kappa shape index (κ3) is 3.68. The number of ether oxygens (including phenoxy) is 1. The molecule has 4 rings (SSSR count). The lowest BCUT2D eigenvalue weighted by Gasteiger charge is -2.37. The maximum absolute atomic E-state index is 13.4. The van der Waals surface area contributed by atoms with Crippen LogP contribution < -0.4 is 4.74 Å². The molecule has 148 valence electrons. The highest BCUT2D eigenvalue weighted by atomic mass is 16.5. The van der Waals surface area contributed by atoms with Gasteiger partial charge in [0.1, 0.15) is 5.75 Å². The fraction of sp³-hybridized carbons (Fsp3) is 0.250. The van der Waals surface area contributed by atoms with Crippen molar-refractivity contribution in [1.82, 2.24) is 9.47 Å². The van der Waals surface area contributed by atoms with E-state index >= 15 is 0 Å². The van der Waals surface area contributed by atoms with Crippen molar-refractivity contribution >= 4 is 11.7 Å². The molecule has 1 amide bonds. The van der Waals surface area contributed by atoms with Crippen molar-refractivity contribution < 1.29 is 14.3 Å². The van der Waals surface area contributed by atoms with E-state index in [-0.39, 0.29) is 24.2 Å². The topological polar surface area (TPSA) is 51.5 Å². The molecule has 1 unspecified atom stereocenters. The zero-order chi connectivity index (χ0) is 20.4. The fourth-order valence-electron chi connectivity index (χ4n) is 4.04. The van der Waals surface area contributed by atoms with E-state index in [9.17, 15) is 9.59 Å². The number of carbonyl (C=O) groups excluding carboxylic acids is 2. The van der Waals surface area contributed by atoms with Gasteiger partial charge >= 0.3 is 0 Å². The number of hydrogen-bond donors (Lipinski definition) is 0. The molecule has 1 aromatic heterocycles. The minimum atomic E-state index is -0.130. The van der Waals surface area contributed by atoms with Crippen LogP contribution in [0.2, 0.25) is 0 Å². The van der Waals surface area contributed by atoms with Crippen LogP contribution in [-0.4, -0.2) is 34.8 Å². The predicted molar refractivity (Wildman–Crippen MR) is 111 cm³/mol. The highest BCUT2D eigenvalue weighted by Crippen LogP contribution is 2.33. The molecule has 1 aliphatic rings. The summed E-state index contributed by atoms with van der Waals surface area (Å²) >= 11 is 0. The average molecular weight is 388 g/mol. The van der Waals surface area contributed by atoms with Gasteiger partial charge in [-0.05, 0) is 42.8 Å². The molecule has 0 saturated carbocycles. The van der Waals surface area contributed by atoms with Gasteiger partial charge in [-0.25, -0.2) is 0 Å². The lowest BCUT2D eigenvalue weighted by Crippen LogP contribution is -2.43. The van der Waals surface area contributed by atoms with Gasteiger partial charge in [0.15, 0.2) is 5.78 Å². The van der Waals surface area contributed by atoms with Crippen LogP contribution >= 0.6 is 0 Å². The van der Waals surface area contributed by atoms with Crippen molar-refractivity contribution in [2.75, 3.05) is 13.7 Å². The van der Waals surface area contributed by atoms with Crippen LogP contribution in [0.1, 0.15) is 40.1 Å². The van der Waals surface area contributed by atoms with E-state index in [1.807, 2.05) is 29.2 Å². The second kappa shape index (κ2) is 7.95. The van der Waals surface area contributed by atoms with E-state index in [1.54, 1.807) is 25.3 Å². The lowest BCUT2D eigenvalue weighted by atomic mass is 9.98. The van der Waals surface area contributed by atoms with Crippen molar-refractivity contribution in [2.24, 2.45) is 0 Å². The Morgan fingerprint density at radius 1 is 1.03 bits per heavy atom. The van der Waals surface area contributed by atoms with E-state index in [0.29, 0.717) is 17.9 Å². The maximum atomic E-state index is 13.4. The van der Waals surface area contributed by atoms with Crippen LogP contribution in [0.5, 0.6) is 5.75 Å². The van der Waals surface area contributed by atoms with E-state index < -0.39 is 0 Å². The summed E-state index contributed by atoms with van der Waals surface area (Å²) in [6, 6.07) is 19.3. The van der Waals surface area contributed by atoms with Gasteiger partial charge in [0.05, 0.1) is 19.6 Å². The van der Waals surface area contributed by atoms with Crippen molar-refractivity contribution in [1.29, 1.82) is 0 Å². The first-order valence-electron chi connectivity index (χ1n) is 9.76. The van der Waals surface area contributed by atoms with Gasteiger partial charge in [-0.3, -0.25) is 9.59 Å². The van der Waals surface area contributed by atoms with Gasteiger partial charge in [0.25, 0.3) is 0 Å². The van der Waals surface area contributed by atoms with Crippen LogP contribution in [0.3, 0.4) is 0 Å². The molecular weight excluding hydrogens is 364 g/mol. The lowest BCUT2D eigenvalue weighted by molar-refractivity contribution is -0.133. The van der Waals surface area contributed by atoms with Crippen molar-refractivity contribution in [3.8, 4) is 5.75 Å². The van der Waals surface area contributed by atoms with Gasteiger partial charge < -0.3 is 14.2 Å². The first kappa shape index (κ1) is 19.0. The van der Waals surface area contributed by atoms with Gasteiger partial charge in [-0.2, -0.15) is 0 Å². The fourth-order valence-corrected chi connectivity index (χ4v) is 4.04. The zero-order valence-corrected chi connectivity index (χ0v) is 16.7. The third-order valence-electron chi connectivity index (χ3n) is 5.50. The van der Waals surface area contributed by atoms with Gasteiger partial charge in [-0.15, -0.1) is 0 Å². The largest absolute Gasteiger partial charge is 0.496 e. The van der Waals surface area contributed by atoms with Gasteiger partial charge in [0, 0.05) is 36.1 Å². The molecule has 1 aliphatic heterocycles. The van der Waals surface area contributed by atoms with Crippen LogP contribution in [0.4, 0.5) is 0 Å². The molecule has 0 aliphatic carbocycles. The number of amides is 1. The van der Waals surface area contributed by atoms with E-state index in [0.717, 1.165) is 23.4 Å². The molecule has 3 aromatic rings. The number of Topliss-reactive ketones (excluding diaryl/α,β-unsaturated/α-hetero) is 1. The molecule has 0 radical (unpaired) electrons. The monoisotopic (exact) mass is 388 g/mol. The molecule has 0 N–H and O–H groups in total.